The van der Waals surface area contributed by atoms with E-state index >= 15 is 0 Å². The average Bonchev–Trinajstić information content (AvgIpc) is 2.69. The number of hydrogen-bond donors (Lipinski definition) is 2. The molecule has 0 aromatic rings. The molecule has 2 aliphatic rings. The minimum atomic E-state index is 0.604. The smallest absolute Gasteiger partial charge is 0.191 e. The van der Waals surface area contributed by atoms with E-state index in [1.54, 1.807) is 0 Å². The Morgan fingerprint density at radius 1 is 1.15 bits per heavy atom. The van der Waals surface area contributed by atoms with E-state index in [9.17, 15) is 0 Å². The first-order valence-corrected chi connectivity index (χ1v) is 10.7. The van der Waals surface area contributed by atoms with Crippen LogP contribution in [0.1, 0.15) is 52.4 Å². The number of likely N-dealkylation sites (tertiary alicyclic amines) is 1. The van der Waals surface area contributed by atoms with Gasteiger partial charge in [-0.05, 0) is 58.0 Å². The van der Waals surface area contributed by atoms with Crippen LogP contribution in [0.15, 0.2) is 4.99 Å². The maximum Gasteiger partial charge on any atom is 0.191 e. The Morgan fingerprint density at radius 2 is 2.00 bits per heavy atom. The van der Waals surface area contributed by atoms with Gasteiger partial charge in [0, 0.05) is 45.6 Å². The lowest BCUT2D eigenvalue weighted by molar-refractivity contribution is 0.0203. The second-order valence-electron chi connectivity index (χ2n) is 7.41. The van der Waals surface area contributed by atoms with Gasteiger partial charge in [-0.1, -0.05) is 13.3 Å². The second kappa shape index (κ2) is 13.3. The Hall–Kier alpha value is -0.850. The van der Waals surface area contributed by atoms with Crippen molar-refractivity contribution in [3.8, 4) is 0 Å². The highest BCUT2D eigenvalue weighted by atomic mass is 16.5. The molecule has 1 atom stereocenters. The molecule has 2 heterocycles. The largest absolute Gasteiger partial charge is 0.381 e. The van der Waals surface area contributed by atoms with Crippen molar-refractivity contribution in [2.45, 2.75) is 58.4 Å². The van der Waals surface area contributed by atoms with Gasteiger partial charge in [0.25, 0.3) is 0 Å². The summed E-state index contributed by atoms with van der Waals surface area (Å²) in [5, 5.41) is 6.82. The van der Waals surface area contributed by atoms with Gasteiger partial charge >= 0.3 is 0 Å². The predicted molar refractivity (Wildman–Crippen MR) is 108 cm³/mol. The first-order chi connectivity index (χ1) is 12.8. The molecule has 1 unspecified atom stereocenters. The quantitative estimate of drug-likeness (QED) is 0.352. The lowest BCUT2D eigenvalue weighted by Gasteiger charge is -2.33. The van der Waals surface area contributed by atoms with E-state index < -0.39 is 0 Å². The molecule has 6 heteroatoms. The van der Waals surface area contributed by atoms with E-state index in [2.05, 4.69) is 29.4 Å². The molecule has 0 radical (unpaired) electrons. The topological polar surface area (TPSA) is 58.1 Å². The van der Waals surface area contributed by atoms with Crippen LogP contribution in [0.3, 0.4) is 0 Å². The number of ether oxygens (including phenoxy) is 2. The molecule has 2 fully saturated rings. The van der Waals surface area contributed by atoms with Gasteiger partial charge in [-0.2, -0.15) is 0 Å². The summed E-state index contributed by atoms with van der Waals surface area (Å²) in [4.78, 5) is 7.39. The molecule has 152 valence electrons. The van der Waals surface area contributed by atoms with Crippen LogP contribution in [0.2, 0.25) is 0 Å². The summed E-state index contributed by atoms with van der Waals surface area (Å²) in [5.74, 6) is 1.63. The van der Waals surface area contributed by atoms with Crippen molar-refractivity contribution in [1.82, 2.24) is 15.5 Å². The van der Waals surface area contributed by atoms with Gasteiger partial charge < -0.3 is 20.1 Å². The van der Waals surface area contributed by atoms with Gasteiger partial charge in [0.2, 0.25) is 0 Å². The van der Waals surface area contributed by atoms with Crippen molar-refractivity contribution < 1.29 is 9.47 Å². The van der Waals surface area contributed by atoms with Crippen molar-refractivity contribution in [2.24, 2.45) is 10.9 Å². The molecule has 0 aliphatic carbocycles. The predicted octanol–water partition coefficient (Wildman–Crippen LogP) is 2.25. The maximum absolute atomic E-state index is 5.84. The zero-order valence-corrected chi connectivity index (χ0v) is 17.0. The SMILES string of the molecule is CCNC(=NCC1CCCCN1CC)NCCCOCC1CCOCC1. The summed E-state index contributed by atoms with van der Waals surface area (Å²) in [6.45, 7) is 12.9. The highest BCUT2D eigenvalue weighted by Gasteiger charge is 2.20. The number of guanidine groups is 1. The molecule has 2 rings (SSSR count). The molecule has 0 saturated carbocycles. The molecule has 2 aliphatic heterocycles. The average molecular weight is 369 g/mol. The van der Waals surface area contributed by atoms with E-state index in [0.29, 0.717) is 12.0 Å². The molecule has 0 spiro atoms. The van der Waals surface area contributed by atoms with Gasteiger partial charge in [-0.3, -0.25) is 9.89 Å². The van der Waals surface area contributed by atoms with Gasteiger partial charge in [-0.25, -0.2) is 0 Å². The Kier molecular flexibility index (Phi) is 11.0. The van der Waals surface area contributed by atoms with E-state index in [1.807, 2.05) is 0 Å². The molecule has 6 nitrogen and oxygen atoms in total. The van der Waals surface area contributed by atoms with E-state index in [4.69, 9.17) is 14.5 Å². The van der Waals surface area contributed by atoms with Crippen LogP contribution in [-0.2, 0) is 9.47 Å². The number of nitrogens with zero attached hydrogens (tertiary/aromatic N) is 2. The highest BCUT2D eigenvalue weighted by molar-refractivity contribution is 5.79. The molecular weight excluding hydrogens is 328 g/mol. The summed E-state index contributed by atoms with van der Waals surface area (Å²) in [6.07, 6.45) is 7.25. The van der Waals surface area contributed by atoms with Gasteiger partial charge in [0.1, 0.15) is 0 Å². The van der Waals surface area contributed by atoms with Crippen LogP contribution < -0.4 is 10.6 Å². The summed E-state index contributed by atoms with van der Waals surface area (Å²) < 4.78 is 11.2. The normalized spacial score (nSPS) is 23.2. The standard InChI is InChI=1S/C20H40N4O2/c1-3-21-20(23-16-19-8-5-6-12-24(19)4-2)22-11-7-13-26-17-18-9-14-25-15-10-18/h18-19H,3-17H2,1-2H3,(H2,21,22,23). The number of likely N-dealkylation sites (N-methyl/N-ethyl adjacent to an activating group) is 1. The molecule has 26 heavy (non-hydrogen) atoms. The molecule has 0 bridgehead atoms. The Bertz CT molecular complexity index is 386. The third kappa shape index (κ3) is 8.23. The van der Waals surface area contributed by atoms with Crippen LogP contribution in [0.4, 0.5) is 0 Å². The van der Waals surface area contributed by atoms with Crippen molar-refractivity contribution in [1.29, 1.82) is 0 Å². The summed E-state index contributed by atoms with van der Waals surface area (Å²) in [5.41, 5.74) is 0. The van der Waals surface area contributed by atoms with Gasteiger partial charge in [-0.15, -0.1) is 0 Å². The monoisotopic (exact) mass is 368 g/mol. The third-order valence-corrected chi connectivity index (χ3v) is 5.41. The lowest BCUT2D eigenvalue weighted by atomic mass is 10.0. The zero-order valence-electron chi connectivity index (χ0n) is 17.0. The third-order valence-electron chi connectivity index (χ3n) is 5.41. The number of piperidine rings is 1. The molecule has 0 aromatic heterocycles. The fourth-order valence-corrected chi connectivity index (χ4v) is 3.77. The summed E-state index contributed by atoms with van der Waals surface area (Å²) in [6, 6.07) is 0.604. The van der Waals surface area contributed by atoms with Crippen LogP contribution in [0.25, 0.3) is 0 Å². The summed E-state index contributed by atoms with van der Waals surface area (Å²) in [7, 11) is 0. The van der Waals surface area contributed by atoms with E-state index in [1.165, 1.54) is 25.8 Å². The molecule has 0 aromatic carbocycles. The Morgan fingerprint density at radius 3 is 2.77 bits per heavy atom. The van der Waals surface area contributed by atoms with E-state index in [0.717, 1.165) is 77.8 Å². The zero-order chi connectivity index (χ0) is 18.5. The number of nitrogens with one attached hydrogen (secondary N) is 2. The van der Waals surface area contributed by atoms with Crippen LogP contribution in [-0.4, -0.2) is 76.1 Å². The molecule has 0 amide bonds. The number of aliphatic imine (C=N–C) groups is 1. The molecular formula is C20H40N4O2. The maximum atomic E-state index is 5.84. The van der Waals surface area contributed by atoms with Crippen molar-refractivity contribution >= 4 is 5.96 Å². The van der Waals surface area contributed by atoms with Gasteiger partial charge in [0.15, 0.2) is 5.96 Å². The number of hydrogen-bond acceptors (Lipinski definition) is 4. The molecule has 2 N–H and O–H groups in total. The lowest BCUT2D eigenvalue weighted by Crippen LogP contribution is -2.43. The Balaban J connectivity index is 1.60. The molecule has 2 saturated heterocycles. The fraction of sp³-hybridized carbons (Fsp3) is 0.950. The highest BCUT2D eigenvalue weighted by Crippen LogP contribution is 2.16. The van der Waals surface area contributed by atoms with Crippen LogP contribution in [0, 0.1) is 5.92 Å². The first-order valence-electron chi connectivity index (χ1n) is 10.7. The van der Waals surface area contributed by atoms with Crippen LogP contribution in [0.5, 0.6) is 0 Å². The summed E-state index contributed by atoms with van der Waals surface area (Å²) >= 11 is 0. The van der Waals surface area contributed by atoms with Crippen molar-refractivity contribution in [3.63, 3.8) is 0 Å². The second-order valence-corrected chi connectivity index (χ2v) is 7.41. The minimum absolute atomic E-state index is 0.604. The first kappa shape index (κ1) is 21.5. The van der Waals surface area contributed by atoms with Crippen molar-refractivity contribution in [3.05, 3.63) is 0 Å². The van der Waals surface area contributed by atoms with Gasteiger partial charge in [0.05, 0.1) is 6.54 Å². The fourth-order valence-electron chi connectivity index (χ4n) is 3.77. The van der Waals surface area contributed by atoms with Crippen LogP contribution >= 0.6 is 0 Å². The van der Waals surface area contributed by atoms with Crippen molar-refractivity contribution in [2.75, 3.05) is 59.2 Å². The minimum Gasteiger partial charge on any atom is -0.381 e. The number of rotatable bonds is 10. The Labute approximate surface area is 160 Å². The van der Waals surface area contributed by atoms with E-state index in [-0.39, 0.29) is 0 Å².